The van der Waals surface area contributed by atoms with Gasteiger partial charge in [-0.2, -0.15) is 11.8 Å². The van der Waals surface area contributed by atoms with E-state index in [1.807, 2.05) is 17.8 Å². The molecule has 1 unspecified atom stereocenters. The molecule has 1 aromatic carbocycles. The van der Waals surface area contributed by atoms with Crippen molar-refractivity contribution in [1.29, 1.82) is 0 Å². The largest absolute Gasteiger partial charge is 0.493 e. The molecule has 1 N–H and O–H groups in total. The van der Waals surface area contributed by atoms with Crippen LogP contribution in [0.15, 0.2) is 18.2 Å². The molecule has 3 rings (SSSR count). The van der Waals surface area contributed by atoms with Crippen molar-refractivity contribution in [1.82, 2.24) is 0 Å². The van der Waals surface area contributed by atoms with E-state index in [4.69, 9.17) is 4.74 Å². The summed E-state index contributed by atoms with van der Waals surface area (Å²) in [7, 11) is 0. The average Bonchev–Trinajstić information content (AvgIpc) is 2.47. The molecule has 2 nitrogen and oxygen atoms in total. The standard InChI is InChI=1S/C16H22O2S/c17-15(11-12-6-9-19-10-7-12)14-5-1-3-13-4-2-8-18-16(13)14/h1,3,5,12,15,17H,2,4,6-11H2. The fourth-order valence-electron chi connectivity index (χ4n) is 3.10. The number of aliphatic hydroxyl groups excluding tert-OH is 1. The number of aryl methyl sites for hydroxylation is 1. The highest BCUT2D eigenvalue weighted by Crippen LogP contribution is 2.37. The van der Waals surface area contributed by atoms with Gasteiger partial charge in [0.05, 0.1) is 12.7 Å². The second-order valence-electron chi connectivity index (χ2n) is 5.59. The summed E-state index contributed by atoms with van der Waals surface area (Å²) in [6.45, 7) is 0.788. The van der Waals surface area contributed by atoms with E-state index in [0.717, 1.165) is 37.2 Å². The van der Waals surface area contributed by atoms with E-state index in [1.54, 1.807) is 0 Å². The predicted octanol–water partition coefficient (Wildman–Crippen LogP) is 3.58. The molecule has 1 aromatic rings. The topological polar surface area (TPSA) is 29.5 Å². The maximum Gasteiger partial charge on any atom is 0.128 e. The predicted molar refractivity (Wildman–Crippen MR) is 79.9 cm³/mol. The van der Waals surface area contributed by atoms with Crippen LogP contribution in [0.2, 0.25) is 0 Å². The lowest BCUT2D eigenvalue weighted by molar-refractivity contribution is 0.135. The lowest BCUT2D eigenvalue weighted by atomic mass is 9.90. The molecular formula is C16H22O2S. The van der Waals surface area contributed by atoms with Crippen LogP contribution in [0.3, 0.4) is 0 Å². The molecular weight excluding hydrogens is 256 g/mol. The lowest BCUT2D eigenvalue weighted by Crippen LogP contribution is -2.16. The Kier molecular flexibility index (Phi) is 4.34. The molecule has 19 heavy (non-hydrogen) atoms. The molecule has 1 fully saturated rings. The molecule has 0 amide bonds. The Bertz CT molecular complexity index is 427. The summed E-state index contributed by atoms with van der Waals surface area (Å²) in [6.07, 6.45) is 5.19. The zero-order chi connectivity index (χ0) is 13.1. The first kappa shape index (κ1) is 13.3. The van der Waals surface area contributed by atoms with Gasteiger partial charge in [0.2, 0.25) is 0 Å². The Morgan fingerprint density at radius 3 is 3.00 bits per heavy atom. The Balaban J connectivity index is 1.73. The fraction of sp³-hybridized carbons (Fsp3) is 0.625. The van der Waals surface area contributed by atoms with E-state index in [9.17, 15) is 5.11 Å². The van der Waals surface area contributed by atoms with Gasteiger partial charge in [-0.3, -0.25) is 0 Å². The molecule has 0 saturated carbocycles. The molecule has 0 aliphatic carbocycles. The zero-order valence-corrected chi connectivity index (χ0v) is 12.1. The van der Waals surface area contributed by atoms with Gasteiger partial charge in [0.1, 0.15) is 5.75 Å². The van der Waals surface area contributed by atoms with Crippen LogP contribution < -0.4 is 4.74 Å². The number of hydrogen-bond acceptors (Lipinski definition) is 3. The van der Waals surface area contributed by atoms with Crippen LogP contribution in [0.5, 0.6) is 5.75 Å². The zero-order valence-electron chi connectivity index (χ0n) is 11.3. The van der Waals surface area contributed by atoms with Gasteiger partial charge >= 0.3 is 0 Å². The van der Waals surface area contributed by atoms with E-state index in [0.29, 0.717) is 5.92 Å². The van der Waals surface area contributed by atoms with E-state index in [2.05, 4.69) is 12.1 Å². The van der Waals surface area contributed by atoms with Gasteiger partial charge in [-0.15, -0.1) is 0 Å². The Hall–Kier alpha value is -0.670. The number of fused-ring (bicyclic) bond motifs is 1. The van der Waals surface area contributed by atoms with E-state index < -0.39 is 0 Å². The van der Waals surface area contributed by atoms with Crippen LogP contribution in [0, 0.1) is 5.92 Å². The minimum absolute atomic E-state index is 0.360. The first-order valence-electron chi connectivity index (χ1n) is 7.35. The van der Waals surface area contributed by atoms with Crippen LogP contribution >= 0.6 is 11.8 Å². The highest BCUT2D eigenvalue weighted by atomic mass is 32.2. The minimum Gasteiger partial charge on any atom is -0.493 e. The number of para-hydroxylation sites is 1. The molecule has 2 aliphatic rings. The maximum absolute atomic E-state index is 10.5. The van der Waals surface area contributed by atoms with E-state index in [-0.39, 0.29) is 6.10 Å². The molecule has 0 radical (unpaired) electrons. The molecule has 3 heteroatoms. The number of benzene rings is 1. The summed E-state index contributed by atoms with van der Waals surface area (Å²) < 4.78 is 5.80. The van der Waals surface area contributed by atoms with Gasteiger partial charge in [0.25, 0.3) is 0 Å². The summed E-state index contributed by atoms with van der Waals surface area (Å²) in [5, 5.41) is 10.5. The summed E-state index contributed by atoms with van der Waals surface area (Å²) in [5.74, 6) is 4.14. The van der Waals surface area contributed by atoms with Crippen LogP contribution in [-0.4, -0.2) is 23.2 Å². The fourth-order valence-corrected chi connectivity index (χ4v) is 4.31. The number of rotatable bonds is 3. The summed E-state index contributed by atoms with van der Waals surface area (Å²) >= 11 is 2.04. The van der Waals surface area contributed by atoms with E-state index in [1.165, 1.54) is 29.9 Å². The molecule has 104 valence electrons. The number of ether oxygens (including phenoxy) is 1. The summed E-state index contributed by atoms with van der Waals surface area (Å²) in [6, 6.07) is 6.22. The monoisotopic (exact) mass is 278 g/mol. The average molecular weight is 278 g/mol. The third-order valence-corrected chi connectivity index (χ3v) is 5.27. The molecule has 0 spiro atoms. The second-order valence-corrected chi connectivity index (χ2v) is 6.82. The van der Waals surface area contributed by atoms with Crippen molar-refractivity contribution in [3.8, 4) is 5.75 Å². The highest BCUT2D eigenvalue weighted by Gasteiger charge is 2.23. The third kappa shape index (κ3) is 3.09. The Morgan fingerprint density at radius 1 is 1.32 bits per heavy atom. The van der Waals surface area contributed by atoms with Crippen LogP contribution in [-0.2, 0) is 6.42 Å². The number of aliphatic hydroxyl groups is 1. The first-order valence-corrected chi connectivity index (χ1v) is 8.50. The number of hydrogen-bond donors (Lipinski definition) is 1. The molecule has 0 aromatic heterocycles. The van der Waals surface area contributed by atoms with Crippen molar-refractivity contribution in [2.24, 2.45) is 5.92 Å². The summed E-state index contributed by atoms with van der Waals surface area (Å²) in [5.41, 5.74) is 2.28. The van der Waals surface area contributed by atoms with Crippen LogP contribution in [0.1, 0.15) is 42.9 Å². The maximum atomic E-state index is 10.5. The van der Waals surface area contributed by atoms with Gasteiger partial charge in [0.15, 0.2) is 0 Å². The van der Waals surface area contributed by atoms with E-state index >= 15 is 0 Å². The molecule has 1 saturated heterocycles. The molecule has 2 heterocycles. The third-order valence-electron chi connectivity index (χ3n) is 4.22. The van der Waals surface area contributed by atoms with Gasteiger partial charge in [-0.1, -0.05) is 18.2 Å². The number of thioether (sulfide) groups is 1. The first-order chi connectivity index (χ1) is 9.34. The van der Waals surface area contributed by atoms with Gasteiger partial charge < -0.3 is 9.84 Å². The van der Waals surface area contributed by atoms with Crippen molar-refractivity contribution in [2.45, 2.75) is 38.2 Å². The molecule has 2 aliphatic heterocycles. The van der Waals surface area contributed by atoms with Crippen molar-refractivity contribution in [3.63, 3.8) is 0 Å². The quantitative estimate of drug-likeness (QED) is 0.916. The SMILES string of the molecule is OC(CC1CCSCC1)c1cccc2c1OCCC2. The smallest absolute Gasteiger partial charge is 0.128 e. The highest BCUT2D eigenvalue weighted by molar-refractivity contribution is 7.99. The Labute approximate surface area is 119 Å². The van der Waals surface area contributed by atoms with Crippen molar-refractivity contribution in [3.05, 3.63) is 29.3 Å². The van der Waals surface area contributed by atoms with Crippen molar-refractivity contribution < 1.29 is 9.84 Å². The van der Waals surface area contributed by atoms with Crippen LogP contribution in [0.25, 0.3) is 0 Å². The molecule has 0 bridgehead atoms. The van der Waals surface area contributed by atoms with Gasteiger partial charge in [0, 0.05) is 5.56 Å². The molecule has 1 atom stereocenters. The normalized spacial score (nSPS) is 21.5. The lowest BCUT2D eigenvalue weighted by Gasteiger charge is -2.26. The van der Waals surface area contributed by atoms with Crippen molar-refractivity contribution >= 4 is 11.8 Å². The van der Waals surface area contributed by atoms with Gasteiger partial charge in [-0.25, -0.2) is 0 Å². The Morgan fingerprint density at radius 2 is 2.16 bits per heavy atom. The van der Waals surface area contributed by atoms with Crippen LogP contribution in [0.4, 0.5) is 0 Å². The summed E-state index contributed by atoms with van der Waals surface area (Å²) in [4.78, 5) is 0. The van der Waals surface area contributed by atoms with Gasteiger partial charge in [-0.05, 0) is 55.1 Å². The second kappa shape index (κ2) is 6.19. The minimum atomic E-state index is -0.360. The van der Waals surface area contributed by atoms with Crippen molar-refractivity contribution in [2.75, 3.05) is 18.1 Å².